The van der Waals surface area contributed by atoms with Gasteiger partial charge < -0.3 is 24.2 Å². The van der Waals surface area contributed by atoms with Crippen molar-refractivity contribution in [1.29, 1.82) is 0 Å². The summed E-state index contributed by atoms with van der Waals surface area (Å²) < 4.78 is 32.6. The highest BCUT2D eigenvalue weighted by molar-refractivity contribution is 5.99. The number of ether oxygens (including phenoxy) is 3. The Labute approximate surface area is 249 Å². The van der Waals surface area contributed by atoms with E-state index < -0.39 is 11.7 Å². The Kier molecular flexibility index (Phi) is 9.68. The van der Waals surface area contributed by atoms with Crippen LogP contribution in [0.2, 0.25) is 0 Å². The number of fused-ring (bicyclic) bond motifs is 1. The predicted octanol–water partition coefficient (Wildman–Crippen LogP) is 5.83. The third-order valence-corrected chi connectivity index (χ3v) is 7.28. The maximum absolute atomic E-state index is 15.1. The molecule has 4 aromatic rings. The Hall–Kier alpha value is -4.70. The minimum atomic E-state index is -0.607. The number of nitrogens with one attached hydrogen (secondary N) is 1. The summed E-state index contributed by atoms with van der Waals surface area (Å²) in [6, 6.07) is 16.1. The van der Waals surface area contributed by atoms with Crippen molar-refractivity contribution in [3.05, 3.63) is 83.8 Å². The van der Waals surface area contributed by atoms with Crippen LogP contribution in [0, 0.1) is 5.82 Å². The number of amides is 1. The molecule has 1 aliphatic rings. The average Bonchev–Trinajstić information content (AvgIpc) is 3.53. The van der Waals surface area contributed by atoms with Gasteiger partial charge in [-0.05, 0) is 98.9 Å². The summed E-state index contributed by atoms with van der Waals surface area (Å²) >= 11 is 0. The number of phenolic OH excluding ortho intramolecular Hbond substituents is 1. The summed E-state index contributed by atoms with van der Waals surface area (Å²) in [6.07, 6.45) is 4.97. The molecule has 2 heterocycles. The highest BCUT2D eigenvalue weighted by Crippen LogP contribution is 2.37. The predicted molar refractivity (Wildman–Crippen MR) is 163 cm³/mol. The summed E-state index contributed by atoms with van der Waals surface area (Å²) in [5, 5.41) is 14.2. The first-order valence-electron chi connectivity index (χ1n) is 14.3. The molecule has 1 aromatic heterocycles. The number of methoxy groups -OCH3 is 1. The molecular weight excluding hydrogens is 551 g/mol. The molecule has 1 aliphatic heterocycles. The molecule has 0 bridgehead atoms. The van der Waals surface area contributed by atoms with Gasteiger partial charge in [0.25, 0.3) is 0 Å². The van der Waals surface area contributed by atoms with Crippen LogP contribution in [-0.2, 0) is 11.2 Å². The fourth-order valence-electron chi connectivity index (χ4n) is 4.96. The molecule has 0 saturated carbocycles. The second kappa shape index (κ2) is 14.0. The first-order valence-corrected chi connectivity index (χ1v) is 14.3. The molecule has 1 fully saturated rings. The molecule has 9 nitrogen and oxygen atoms in total. The van der Waals surface area contributed by atoms with Crippen LogP contribution in [0.1, 0.15) is 37.3 Å². The van der Waals surface area contributed by atoms with E-state index in [1.165, 1.54) is 37.1 Å². The largest absolute Gasteiger partial charge is 0.508 e. The van der Waals surface area contributed by atoms with Crippen molar-refractivity contribution in [2.45, 2.75) is 32.6 Å². The zero-order chi connectivity index (χ0) is 30.2. The van der Waals surface area contributed by atoms with Crippen molar-refractivity contribution >= 4 is 22.5 Å². The van der Waals surface area contributed by atoms with E-state index >= 15 is 4.39 Å². The van der Waals surface area contributed by atoms with Crippen LogP contribution in [0.25, 0.3) is 10.9 Å². The van der Waals surface area contributed by atoms with E-state index in [1.807, 2.05) is 0 Å². The van der Waals surface area contributed by atoms with Crippen molar-refractivity contribution in [3.8, 4) is 28.7 Å². The topological polar surface area (TPSA) is 106 Å². The van der Waals surface area contributed by atoms with Crippen molar-refractivity contribution < 1.29 is 28.5 Å². The lowest BCUT2D eigenvalue weighted by molar-refractivity contribution is -0.120. The van der Waals surface area contributed by atoms with Crippen LogP contribution in [0.15, 0.2) is 72.0 Å². The van der Waals surface area contributed by atoms with E-state index in [0.29, 0.717) is 46.0 Å². The molecular formula is C33H35FN4O5. The number of carbonyl (C=O) groups is 1. The normalized spacial score (nSPS) is 13.7. The number of aromatic hydroxyl groups is 1. The molecule has 10 heteroatoms. The van der Waals surface area contributed by atoms with E-state index in [0.717, 1.165) is 31.6 Å². The molecule has 0 radical (unpaired) electrons. The van der Waals surface area contributed by atoms with E-state index in [-0.39, 0.29) is 17.9 Å². The van der Waals surface area contributed by atoms with E-state index in [1.54, 1.807) is 56.6 Å². The number of phenols is 1. The standard InChI is InChI=1S/C33H35FN4O5/c1-22(24-7-9-25(39)10-8-24)36-37-33(40)19-23-6-11-30(27(34)18-23)43-29-12-13-35-28-21-32(31(41-2)20-26(28)29)42-17-5-16-38-14-3-4-15-38/h6-13,18,20-21,39H,3-5,14-17,19H2,1-2H3,(H,37,40)/b36-22+. The van der Waals surface area contributed by atoms with E-state index in [9.17, 15) is 9.90 Å². The highest BCUT2D eigenvalue weighted by Gasteiger charge is 2.15. The van der Waals surface area contributed by atoms with Gasteiger partial charge in [0, 0.05) is 24.2 Å². The third-order valence-electron chi connectivity index (χ3n) is 7.28. The van der Waals surface area contributed by atoms with Gasteiger partial charge in [-0.15, -0.1) is 0 Å². The van der Waals surface area contributed by atoms with E-state index in [2.05, 4.69) is 20.4 Å². The SMILES string of the molecule is COc1cc2c(Oc3ccc(CC(=O)N/N=C(\C)c4ccc(O)cc4)cc3F)ccnc2cc1OCCCN1CCCC1. The summed E-state index contributed by atoms with van der Waals surface area (Å²) in [7, 11) is 1.57. The first-order chi connectivity index (χ1) is 20.9. The van der Waals surface area contributed by atoms with Gasteiger partial charge in [-0.3, -0.25) is 9.78 Å². The van der Waals surface area contributed by atoms with Crippen molar-refractivity contribution in [2.24, 2.45) is 5.10 Å². The number of likely N-dealkylation sites (tertiary alicyclic amines) is 1. The molecule has 1 saturated heterocycles. The van der Waals surface area contributed by atoms with Gasteiger partial charge >= 0.3 is 0 Å². The maximum Gasteiger partial charge on any atom is 0.244 e. The number of halogens is 1. The molecule has 0 unspecified atom stereocenters. The Morgan fingerprint density at radius 1 is 1.02 bits per heavy atom. The molecule has 224 valence electrons. The summed E-state index contributed by atoms with van der Waals surface area (Å²) in [5.41, 5.74) is 4.90. The van der Waals surface area contributed by atoms with Gasteiger partial charge in [0.2, 0.25) is 5.91 Å². The average molecular weight is 587 g/mol. The zero-order valence-corrected chi connectivity index (χ0v) is 24.3. The van der Waals surface area contributed by atoms with E-state index in [4.69, 9.17) is 14.2 Å². The summed E-state index contributed by atoms with van der Waals surface area (Å²) in [6.45, 7) is 5.62. The van der Waals surface area contributed by atoms with Crippen molar-refractivity contribution in [3.63, 3.8) is 0 Å². The number of hydrogen-bond donors (Lipinski definition) is 2. The number of aromatic nitrogens is 1. The van der Waals surface area contributed by atoms with Gasteiger partial charge in [-0.25, -0.2) is 9.82 Å². The van der Waals surface area contributed by atoms with Crippen molar-refractivity contribution in [2.75, 3.05) is 33.4 Å². The molecule has 1 amide bonds. The fourth-order valence-corrected chi connectivity index (χ4v) is 4.96. The number of benzene rings is 3. The number of nitrogens with zero attached hydrogens (tertiary/aromatic N) is 3. The number of carbonyl (C=O) groups excluding carboxylic acids is 1. The Morgan fingerprint density at radius 2 is 1.81 bits per heavy atom. The molecule has 5 rings (SSSR count). The van der Waals surface area contributed by atoms with Crippen LogP contribution < -0.4 is 19.6 Å². The van der Waals surface area contributed by atoms with Gasteiger partial charge in [0.1, 0.15) is 11.5 Å². The monoisotopic (exact) mass is 586 g/mol. The molecule has 0 atom stereocenters. The zero-order valence-electron chi connectivity index (χ0n) is 24.3. The smallest absolute Gasteiger partial charge is 0.244 e. The van der Waals surface area contributed by atoms with Gasteiger partial charge in [-0.1, -0.05) is 6.07 Å². The second-order valence-corrected chi connectivity index (χ2v) is 10.4. The highest BCUT2D eigenvalue weighted by atomic mass is 19.1. The first kappa shape index (κ1) is 29.8. The summed E-state index contributed by atoms with van der Waals surface area (Å²) in [4.78, 5) is 19.3. The van der Waals surface area contributed by atoms with Crippen LogP contribution in [0.4, 0.5) is 4.39 Å². The number of hydrogen-bond acceptors (Lipinski definition) is 8. The fraction of sp³-hybridized carbons (Fsp3) is 0.303. The van der Waals surface area contributed by atoms with Crippen LogP contribution in [0.5, 0.6) is 28.7 Å². The summed E-state index contributed by atoms with van der Waals surface area (Å²) in [5.74, 6) is 0.696. The van der Waals surface area contributed by atoms with Crippen molar-refractivity contribution in [1.82, 2.24) is 15.3 Å². The molecule has 43 heavy (non-hydrogen) atoms. The molecule has 0 spiro atoms. The Bertz CT molecular complexity index is 1600. The number of rotatable bonds is 12. The lowest BCUT2D eigenvalue weighted by Gasteiger charge is -2.16. The van der Waals surface area contributed by atoms with Crippen LogP contribution in [-0.4, -0.2) is 60.0 Å². The quantitative estimate of drug-likeness (QED) is 0.122. The Morgan fingerprint density at radius 3 is 2.56 bits per heavy atom. The number of pyridine rings is 1. The van der Waals surface area contributed by atoms with Gasteiger partial charge in [0.15, 0.2) is 23.1 Å². The van der Waals surface area contributed by atoms with Gasteiger partial charge in [0.05, 0.1) is 31.4 Å². The van der Waals surface area contributed by atoms with Crippen LogP contribution in [0.3, 0.4) is 0 Å². The number of hydrazone groups is 1. The third kappa shape index (κ3) is 7.78. The second-order valence-electron chi connectivity index (χ2n) is 10.4. The lowest BCUT2D eigenvalue weighted by Crippen LogP contribution is -2.21. The minimum Gasteiger partial charge on any atom is -0.508 e. The van der Waals surface area contributed by atoms with Crippen LogP contribution >= 0.6 is 0 Å². The minimum absolute atomic E-state index is 0.0130. The van der Waals surface area contributed by atoms with Gasteiger partial charge in [-0.2, -0.15) is 5.10 Å². The molecule has 2 N–H and O–H groups in total. The molecule has 3 aromatic carbocycles. The molecule has 0 aliphatic carbocycles. The Balaban J connectivity index is 1.22. The maximum atomic E-state index is 15.1. The lowest BCUT2D eigenvalue weighted by atomic mass is 10.1.